The summed E-state index contributed by atoms with van der Waals surface area (Å²) in [7, 11) is -3.61. The molecule has 4 rings (SSSR count). The van der Waals surface area contributed by atoms with Crippen molar-refractivity contribution in [1.29, 1.82) is 0 Å². The van der Waals surface area contributed by atoms with Gasteiger partial charge in [0.05, 0.1) is 0 Å². The van der Waals surface area contributed by atoms with Gasteiger partial charge in [-0.3, -0.25) is 4.79 Å². The Morgan fingerprint density at radius 2 is 2.00 bits per heavy atom. The van der Waals surface area contributed by atoms with Gasteiger partial charge < -0.3 is 10.2 Å². The molecule has 1 fully saturated rings. The zero-order chi connectivity index (χ0) is 17.4. The topological polar surface area (TPSA) is 91.7 Å². The van der Waals surface area contributed by atoms with E-state index in [1.807, 2.05) is 16.3 Å². The summed E-state index contributed by atoms with van der Waals surface area (Å²) in [6.07, 6.45) is 2.95. The van der Waals surface area contributed by atoms with Gasteiger partial charge in [-0.1, -0.05) is 12.1 Å². The first-order valence-electron chi connectivity index (χ1n) is 7.94. The van der Waals surface area contributed by atoms with Gasteiger partial charge >= 0.3 is 0 Å². The number of carbonyl (C=O) groups is 1. The number of sulfonamides is 1. The number of amidine groups is 1. The summed E-state index contributed by atoms with van der Waals surface area (Å²) in [6, 6.07) is 6.86. The summed E-state index contributed by atoms with van der Waals surface area (Å²) in [5, 5.41) is 5.25. The maximum absolute atomic E-state index is 12.3. The average Bonchev–Trinajstić information content (AvgIpc) is 3.22. The Balaban J connectivity index is 1.45. The number of thiazole rings is 1. The first-order chi connectivity index (χ1) is 12.0. The van der Waals surface area contributed by atoms with E-state index >= 15 is 0 Å². The van der Waals surface area contributed by atoms with E-state index in [0.717, 1.165) is 0 Å². The summed E-state index contributed by atoms with van der Waals surface area (Å²) in [5.74, 6) is 0.361. The number of hydrogen-bond donors (Lipinski definition) is 1. The van der Waals surface area contributed by atoms with Crippen LogP contribution >= 0.6 is 11.3 Å². The van der Waals surface area contributed by atoms with E-state index in [1.165, 1.54) is 11.3 Å². The number of nitrogens with one attached hydrogen (secondary N) is 1. The largest absolute Gasteiger partial charge is 0.355 e. The Kier molecular flexibility index (Phi) is 4.04. The van der Waals surface area contributed by atoms with Crippen molar-refractivity contribution >= 4 is 38.2 Å². The standard InChI is InChI=1S/C16H16N4O3S2/c21-15(18-16-17-7-10-24-16)11-5-8-20(9-6-11)14-12-3-1-2-4-13(12)25(22,23)19-14/h1-4,7,10-11H,5-6,8-9H2,(H,17,18,21). The highest BCUT2D eigenvalue weighted by Gasteiger charge is 2.34. The smallest absolute Gasteiger partial charge is 0.285 e. The van der Waals surface area contributed by atoms with Gasteiger partial charge in [0.25, 0.3) is 10.0 Å². The molecule has 2 aliphatic rings. The predicted molar refractivity (Wildman–Crippen MR) is 95.2 cm³/mol. The highest BCUT2D eigenvalue weighted by molar-refractivity contribution is 7.90. The lowest BCUT2D eigenvalue weighted by Crippen LogP contribution is -2.41. The average molecular weight is 376 g/mol. The molecule has 9 heteroatoms. The van der Waals surface area contributed by atoms with Gasteiger partial charge in [0.1, 0.15) is 4.90 Å². The number of aromatic nitrogens is 1. The van der Waals surface area contributed by atoms with E-state index in [9.17, 15) is 13.2 Å². The SMILES string of the molecule is O=C(Nc1nccs1)C1CCN(C2=NS(=O)(=O)c3ccccc32)CC1. The number of fused-ring (bicyclic) bond motifs is 1. The lowest BCUT2D eigenvalue weighted by atomic mass is 9.95. The van der Waals surface area contributed by atoms with Gasteiger partial charge in [-0.15, -0.1) is 15.7 Å². The second-order valence-electron chi connectivity index (χ2n) is 5.97. The molecule has 0 bridgehead atoms. The fourth-order valence-corrected chi connectivity index (χ4v) is 4.92. The Bertz CT molecular complexity index is 930. The van der Waals surface area contributed by atoms with E-state index in [-0.39, 0.29) is 16.7 Å². The fourth-order valence-electron chi connectivity index (χ4n) is 3.16. The third-order valence-electron chi connectivity index (χ3n) is 4.44. The highest BCUT2D eigenvalue weighted by Crippen LogP contribution is 2.30. The predicted octanol–water partition coefficient (Wildman–Crippen LogP) is 1.94. The molecule has 0 atom stereocenters. The summed E-state index contributed by atoms with van der Waals surface area (Å²) < 4.78 is 28.3. The van der Waals surface area contributed by atoms with E-state index in [2.05, 4.69) is 14.7 Å². The third kappa shape index (κ3) is 3.05. The molecule has 7 nitrogen and oxygen atoms in total. The van der Waals surface area contributed by atoms with Crippen LogP contribution in [0, 0.1) is 5.92 Å². The molecule has 2 aliphatic heterocycles. The molecule has 1 aromatic heterocycles. The number of anilines is 1. The van der Waals surface area contributed by atoms with Crippen LogP contribution in [0.25, 0.3) is 0 Å². The highest BCUT2D eigenvalue weighted by atomic mass is 32.2. The maximum Gasteiger partial charge on any atom is 0.285 e. The van der Waals surface area contributed by atoms with Crippen LogP contribution in [0.15, 0.2) is 45.1 Å². The maximum atomic E-state index is 12.3. The molecule has 0 saturated carbocycles. The van der Waals surface area contributed by atoms with Crippen LogP contribution in [0.2, 0.25) is 0 Å². The van der Waals surface area contributed by atoms with Crippen LogP contribution in [0.4, 0.5) is 5.13 Å². The number of likely N-dealkylation sites (tertiary alicyclic amines) is 1. The van der Waals surface area contributed by atoms with E-state index in [0.29, 0.717) is 42.5 Å². The molecule has 3 heterocycles. The van der Waals surface area contributed by atoms with Crippen molar-refractivity contribution in [2.75, 3.05) is 18.4 Å². The molecule has 1 aromatic carbocycles. The van der Waals surface area contributed by atoms with Crippen molar-refractivity contribution in [3.05, 3.63) is 41.4 Å². The lowest BCUT2D eigenvalue weighted by Gasteiger charge is -2.32. The molecule has 0 unspecified atom stereocenters. The van der Waals surface area contributed by atoms with E-state index in [4.69, 9.17) is 0 Å². The molecular formula is C16H16N4O3S2. The Hall–Kier alpha value is -2.26. The zero-order valence-corrected chi connectivity index (χ0v) is 14.9. The van der Waals surface area contributed by atoms with E-state index < -0.39 is 10.0 Å². The molecule has 1 amide bonds. The van der Waals surface area contributed by atoms with Crippen molar-refractivity contribution in [3.8, 4) is 0 Å². The Labute approximate surface area is 149 Å². The summed E-state index contributed by atoms with van der Waals surface area (Å²) >= 11 is 1.39. The third-order valence-corrected chi connectivity index (χ3v) is 6.45. The molecule has 2 aromatic rings. The minimum Gasteiger partial charge on any atom is -0.355 e. The number of hydrogen-bond acceptors (Lipinski definition) is 6. The molecule has 0 radical (unpaired) electrons. The van der Waals surface area contributed by atoms with E-state index in [1.54, 1.807) is 24.4 Å². The first-order valence-corrected chi connectivity index (χ1v) is 10.3. The van der Waals surface area contributed by atoms with Crippen molar-refractivity contribution in [2.24, 2.45) is 10.3 Å². The number of benzene rings is 1. The molecule has 0 spiro atoms. The second-order valence-corrected chi connectivity index (χ2v) is 8.44. The Morgan fingerprint density at radius 1 is 1.24 bits per heavy atom. The van der Waals surface area contributed by atoms with Crippen molar-refractivity contribution < 1.29 is 13.2 Å². The molecule has 25 heavy (non-hydrogen) atoms. The summed E-state index contributed by atoms with van der Waals surface area (Å²) in [5.41, 5.74) is 0.646. The molecule has 1 N–H and O–H groups in total. The number of nitrogens with zero attached hydrogens (tertiary/aromatic N) is 3. The van der Waals surface area contributed by atoms with Crippen LogP contribution in [-0.4, -0.2) is 43.1 Å². The number of piperidine rings is 1. The van der Waals surface area contributed by atoms with Crippen LogP contribution in [0.3, 0.4) is 0 Å². The van der Waals surface area contributed by atoms with Gasteiger partial charge in [0.2, 0.25) is 5.91 Å². The number of amides is 1. The summed E-state index contributed by atoms with van der Waals surface area (Å²) in [4.78, 5) is 18.6. The second kappa shape index (κ2) is 6.23. The molecular weight excluding hydrogens is 360 g/mol. The van der Waals surface area contributed by atoms with Gasteiger partial charge in [0.15, 0.2) is 11.0 Å². The minimum atomic E-state index is -3.61. The van der Waals surface area contributed by atoms with Gasteiger partial charge in [-0.25, -0.2) is 4.98 Å². The van der Waals surface area contributed by atoms with Crippen LogP contribution in [0.5, 0.6) is 0 Å². The van der Waals surface area contributed by atoms with Crippen LogP contribution < -0.4 is 5.32 Å². The monoisotopic (exact) mass is 376 g/mol. The Morgan fingerprint density at radius 3 is 2.72 bits per heavy atom. The quantitative estimate of drug-likeness (QED) is 0.865. The summed E-state index contributed by atoms with van der Waals surface area (Å²) in [6.45, 7) is 1.19. The van der Waals surface area contributed by atoms with Crippen molar-refractivity contribution in [2.45, 2.75) is 17.7 Å². The first kappa shape index (κ1) is 16.2. The van der Waals surface area contributed by atoms with Gasteiger partial charge in [-0.05, 0) is 25.0 Å². The molecule has 130 valence electrons. The number of rotatable bonds is 2. The van der Waals surface area contributed by atoms with Gasteiger partial charge in [0, 0.05) is 36.1 Å². The fraction of sp³-hybridized carbons (Fsp3) is 0.312. The lowest BCUT2D eigenvalue weighted by molar-refractivity contribution is -0.120. The van der Waals surface area contributed by atoms with Gasteiger partial charge in [-0.2, -0.15) is 8.42 Å². The number of carbonyl (C=O) groups excluding carboxylic acids is 1. The zero-order valence-electron chi connectivity index (χ0n) is 13.3. The van der Waals surface area contributed by atoms with Crippen LogP contribution in [-0.2, 0) is 14.8 Å². The van der Waals surface area contributed by atoms with Crippen molar-refractivity contribution in [1.82, 2.24) is 9.88 Å². The van der Waals surface area contributed by atoms with Crippen molar-refractivity contribution in [3.63, 3.8) is 0 Å². The normalized spacial score (nSPS) is 19.4. The molecule has 0 aliphatic carbocycles. The minimum absolute atomic E-state index is 0.0315. The molecule has 1 saturated heterocycles. The van der Waals surface area contributed by atoms with Crippen LogP contribution in [0.1, 0.15) is 18.4 Å².